The largest absolute Gasteiger partial charge is 0.311 e. The van der Waals surface area contributed by atoms with E-state index in [0.29, 0.717) is 34.3 Å². The maximum absolute atomic E-state index is 13.8. The van der Waals surface area contributed by atoms with E-state index in [9.17, 15) is 9.18 Å². The fraction of sp³-hybridized carbons (Fsp3) is 0.217. The molecule has 0 bridgehead atoms. The normalized spacial score (nSPS) is 11.3. The average Bonchev–Trinajstić information content (AvgIpc) is 3.16. The van der Waals surface area contributed by atoms with Crippen LogP contribution in [-0.2, 0) is 6.54 Å². The molecular weight excluding hydrogens is 389 g/mol. The SMILES string of the molecule is CCCCCn1c(-c2cccc(F)c2)cc(=O)n2cc(-c3ccc(Cl)cc3)nc12. The molecule has 0 saturated carbocycles. The maximum atomic E-state index is 13.8. The number of hydrogen-bond acceptors (Lipinski definition) is 2. The second kappa shape index (κ2) is 8.21. The zero-order chi connectivity index (χ0) is 20.4. The van der Waals surface area contributed by atoms with Gasteiger partial charge in [-0.1, -0.05) is 55.6 Å². The van der Waals surface area contributed by atoms with E-state index in [2.05, 4.69) is 6.92 Å². The molecule has 4 rings (SSSR count). The Bertz CT molecular complexity index is 1210. The molecule has 0 aliphatic heterocycles. The summed E-state index contributed by atoms with van der Waals surface area (Å²) in [4.78, 5) is 17.6. The molecule has 0 amide bonds. The number of halogens is 2. The Morgan fingerprint density at radius 1 is 1.03 bits per heavy atom. The minimum absolute atomic E-state index is 0.196. The molecule has 0 spiro atoms. The van der Waals surface area contributed by atoms with Crippen molar-refractivity contribution in [3.05, 3.63) is 82.0 Å². The summed E-state index contributed by atoms with van der Waals surface area (Å²) in [5.74, 6) is 0.220. The first kappa shape index (κ1) is 19.4. The second-order valence-electron chi connectivity index (χ2n) is 7.04. The van der Waals surface area contributed by atoms with E-state index in [1.54, 1.807) is 34.9 Å². The Balaban J connectivity index is 1.92. The van der Waals surface area contributed by atoms with Crippen LogP contribution < -0.4 is 5.56 Å². The van der Waals surface area contributed by atoms with Crippen LogP contribution in [0.25, 0.3) is 28.3 Å². The van der Waals surface area contributed by atoms with Crippen molar-refractivity contribution in [2.45, 2.75) is 32.7 Å². The standard InChI is InChI=1S/C23H21ClFN3O/c1-2-3-4-12-27-21(17-6-5-7-19(25)13-17)14-22(29)28-15-20(26-23(27)28)16-8-10-18(24)11-9-16/h5-11,13-15H,2-4,12H2,1H3. The summed E-state index contributed by atoms with van der Waals surface area (Å²) in [6.07, 6.45) is 4.83. The Hall–Kier alpha value is -2.92. The molecular formula is C23H21ClFN3O. The van der Waals surface area contributed by atoms with Crippen molar-refractivity contribution >= 4 is 17.4 Å². The number of nitrogens with zero attached hydrogens (tertiary/aromatic N) is 3. The predicted molar refractivity (Wildman–Crippen MR) is 115 cm³/mol. The maximum Gasteiger partial charge on any atom is 0.259 e. The van der Waals surface area contributed by atoms with Crippen molar-refractivity contribution in [2.75, 3.05) is 0 Å². The van der Waals surface area contributed by atoms with E-state index < -0.39 is 0 Å². The number of rotatable bonds is 6. The molecule has 29 heavy (non-hydrogen) atoms. The smallest absolute Gasteiger partial charge is 0.259 e. The number of fused-ring (bicyclic) bond motifs is 1. The van der Waals surface area contributed by atoms with Crippen molar-refractivity contribution in [3.8, 4) is 22.5 Å². The van der Waals surface area contributed by atoms with Gasteiger partial charge in [0.1, 0.15) is 5.82 Å². The van der Waals surface area contributed by atoms with Crippen LogP contribution >= 0.6 is 11.6 Å². The third kappa shape index (κ3) is 3.96. The molecule has 2 aromatic heterocycles. The average molecular weight is 410 g/mol. The summed E-state index contributed by atoms with van der Waals surface area (Å²) in [7, 11) is 0. The van der Waals surface area contributed by atoms with Gasteiger partial charge in [0.15, 0.2) is 0 Å². The predicted octanol–water partition coefficient (Wildman–Crippen LogP) is 5.81. The van der Waals surface area contributed by atoms with Gasteiger partial charge in [-0.3, -0.25) is 9.20 Å². The van der Waals surface area contributed by atoms with E-state index in [-0.39, 0.29) is 11.4 Å². The van der Waals surface area contributed by atoms with Gasteiger partial charge in [-0.25, -0.2) is 9.37 Å². The summed E-state index contributed by atoms with van der Waals surface area (Å²) in [5, 5.41) is 0.644. The molecule has 0 unspecified atom stereocenters. The monoisotopic (exact) mass is 409 g/mol. The van der Waals surface area contributed by atoms with Crippen LogP contribution in [-0.4, -0.2) is 14.0 Å². The Morgan fingerprint density at radius 3 is 2.55 bits per heavy atom. The van der Waals surface area contributed by atoms with E-state index in [0.717, 1.165) is 24.8 Å². The molecule has 0 N–H and O–H groups in total. The lowest BCUT2D eigenvalue weighted by Gasteiger charge is -2.15. The summed E-state index contributed by atoms with van der Waals surface area (Å²) in [5.41, 5.74) is 2.71. The molecule has 0 radical (unpaired) electrons. The topological polar surface area (TPSA) is 39.3 Å². The Kier molecular flexibility index (Phi) is 5.49. The fourth-order valence-corrected chi connectivity index (χ4v) is 3.61. The van der Waals surface area contributed by atoms with E-state index in [1.807, 2.05) is 22.8 Å². The quantitative estimate of drug-likeness (QED) is 0.377. The second-order valence-corrected chi connectivity index (χ2v) is 7.48. The molecule has 6 heteroatoms. The molecule has 2 aromatic carbocycles. The molecule has 2 heterocycles. The summed E-state index contributed by atoms with van der Waals surface area (Å²) in [6, 6.07) is 15.2. The van der Waals surface area contributed by atoms with Gasteiger partial charge in [0.2, 0.25) is 5.78 Å². The number of aromatic nitrogens is 3. The van der Waals surface area contributed by atoms with Crippen molar-refractivity contribution in [1.82, 2.24) is 14.0 Å². The number of imidazole rings is 1. The van der Waals surface area contributed by atoms with Crippen LogP contribution in [0.5, 0.6) is 0 Å². The van der Waals surface area contributed by atoms with Gasteiger partial charge in [0.25, 0.3) is 5.56 Å². The number of hydrogen-bond donors (Lipinski definition) is 0. The van der Waals surface area contributed by atoms with Crippen LogP contribution in [0.3, 0.4) is 0 Å². The van der Waals surface area contributed by atoms with Gasteiger partial charge < -0.3 is 4.57 Å². The Morgan fingerprint density at radius 2 is 1.83 bits per heavy atom. The van der Waals surface area contributed by atoms with Gasteiger partial charge in [-0.2, -0.15) is 0 Å². The molecule has 0 atom stereocenters. The van der Waals surface area contributed by atoms with Gasteiger partial charge >= 0.3 is 0 Å². The van der Waals surface area contributed by atoms with Crippen molar-refractivity contribution in [3.63, 3.8) is 0 Å². The summed E-state index contributed by atoms with van der Waals surface area (Å²) >= 11 is 5.99. The highest BCUT2D eigenvalue weighted by molar-refractivity contribution is 6.30. The van der Waals surface area contributed by atoms with Crippen LogP contribution in [0.15, 0.2) is 65.6 Å². The molecule has 0 aliphatic carbocycles. The van der Waals surface area contributed by atoms with Crippen LogP contribution in [0.4, 0.5) is 4.39 Å². The van der Waals surface area contributed by atoms with E-state index >= 15 is 0 Å². The van der Waals surface area contributed by atoms with Crippen LogP contribution in [0, 0.1) is 5.82 Å². The first-order chi connectivity index (χ1) is 14.1. The summed E-state index contributed by atoms with van der Waals surface area (Å²) < 4.78 is 17.4. The zero-order valence-electron chi connectivity index (χ0n) is 16.1. The molecule has 4 aromatic rings. The molecule has 148 valence electrons. The molecule has 0 saturated heterocycles. The van der Waals surface area contributed by atoms with E-state index in [4.69, 9.17) is 16.6 Å². The Labute approximate surface area is 173 Å². The fourth-order valence-electron chi connectivity index (χ4n) is 3.48. The number of unbranched alkanes of at least 4 members (excludes halogenated alkanes) is 2. The lowest BCUT2D eigenvalue weighted by Crippen LogP contribution is -2.18. The highest BCUT2D eigenvalue weighted by atomic mass is 35.5. The zero-order valence-corrected chi connectivity index (χ0v) is 16.9. The minimum atomic E-state index is -0.333. The summed E-state index contributed by atoms with van der Waals surface area (Å²) in [6.45, 7) is 2.84. The van der Waals surface area contributed by atoms with Gasteiger partial charge in [-0.15, -0.1) is 0 Å². The van der Waals surface area contributed by atoms with Gasteiger partial charge in [0, 0.05) is 35.0 Å². The number of benzene rings is 2. The number of aryl methyl sites for hydroxylation is 1. The lowest BCUT2D eigenvalue weighted by atomic mass is 10.1. The first-order valence-corrected chi connectivity index (χ1v) is 10.1. The first-order valence-electron chi connectivity index (χ1n) is 9.71. The third-order valence-corrected chi connectivity index (χ3v) is 5.21. The lowest BCUT2D eigenvalue weighted by molar-refractivity contribution is 0.604. The van der Waals surface area contributed by atoms with Gasteiger partial charge in [-0.05, 0) is 30.7 Å². The van der Waals surface area contributed by atoms with Crippen molar-refractivity contribution < 1.29 is 4.39 Å². The van der Waals surface area contributed by atoms with Gasteiger partial charge in [0.05, 0.1) is 11.4 Å². The van der Waals surface area contributed by atoms with Crippen molar-refractivity contribution in [2.24, 2.45) is 0 Å². The molecule has 4 nitrogen and oxygen atoms in total. The molecule has 0 fully saturated rings. The molecule has 0 aliphatic rings. The minimum Gasteiger partial charge on any atom is -0.311 e. The highest BCUT2D eigenvalue weighted by Crippen LogP contribution is 2.25. The third-order valence-electron chi connectivity index (χ3n) is 4.96. The van der Waals surface area contributed by atoms with Crippen LogP contribution in [0.2, 0.25) is 5.02 Å². The highest BCUT2D eigenvalue weighted by Gasteiger charge is 2.15. The van der Waals surface area contributed by atoms with E-state index in [1.165, 1.54) is 12.1 Å². The van der Waals surface area contributed by atoms with Crippen molar-refractivity contribution in [1.29, 1.82) is 0 Å². The van der Waals surface area contributed by atoms with Crippen LogP contribution in [0.1, 0.15) is 26.2 Å².